The van der Waals surface area contributed by atoms with Crippen molar-refractivity contribution >= 4 is 6.72 Å². The maximum atomic E-state index is 4.91. The van der Waals surface area contributed by atoms with Crippen molar-refractivity contribution in [2.45, 2.75) is 25.7 Å². The summed E-state index contributed by atoms with van der Waals surface area (Å²) >= 11 is 0. The van der Waals surface area contributed by atoms with E-state index in [0.717, 1.165) is 13.2 Å². The molecule has 0 radical (unpaired) electrons. The highest BCUT2D eigenvalue weighted by Gasteiger charge is 1.87. The zero-order valence-corrected chi connectivity index (χ0v) is 6.81. The molecule has 0 fully saturated rings. The lowest BCUT2D eigenvalue weighted by atomic mass is 10.2. The lowest BCUT2D eigenvalue weighted by molar-refractivity contribution is 0.192. The maximum absolute atomic E-state index is 4.91. The summed E-state index contributed by atoms with van der Waals surface area (Å²) in [5.74, 6) is 0. The third-order valence-electron chi connectivity index (χ3n) is 1.41. The van der Waals surface area contributed by atoms with E-state index in [1.165, 1.54) is 25.7 Å². The van der Waals surface area contributed by atoms with Gasteiger partial charge in [0.25, 0.3) is 0 Å². The van der Waals surface area contributed by atoms with Crippen LogP contribution in [-0.4, -0.2) is 27.0 Å². The number of rotatable bonds is 7. The molecular formula is C8H17NO. The van der Waals surface area contributed by atoms with Gasteiger partial charge in [-0.2, -0.15) is 0 Å². The SMILES string of the molecule is C=NCCCCCCOC. The largest absolute Gasteiger partial charge is 0.385 e. The highest BCUT2D eigenvalue weighted by Crippen LogP contribution is 1.99. The van der Waals surface area contributed by atoms with Gasteiger partial charge in [0.05, 0.1) is 0 Å². The normalized spacial score (nSPS) is 9.70. The van der Waals surface area contributed by atoms with E-state index in [1.54, 1.807) is 7.11 Å². The Morgan fingerprint density at radius 1 is 1.20 bits per heavy atom. The van der Waals surface area contributed by atoms with Crippen LogP contribution < -0.4 is 0 Å². The van der Waals surface area contributed by atoms with E-state index < -0.39 is 0 Å². The van der Waals surface area contributed by atoms with Gasteiger partial charge in [0.15, 0.2) is 0 Å². The van der Waals surface area contributed by atoms with E-state index in [-0.39, 0.29) is 0 Å². The van der Waals surface area contributed by atoms with Gasteiger partial charge in [0, 0.05) is 20.3 Å². The molecule has 0 aromatic rings. The molecular weight excluding hydrogens is 126 g/mol. The Morgan fingerprint density at radius 3 is 2.50 bits per heavy atom. The molecule has 0 aliphatic carbocycles. The van der Waals surface area contributed by atoms with E-state index in [2.05, 4.69) is 11.7 Å². The van der Waals surface area contributed by atoms with Crippen LogP contribution >= 0.6 is 0 Å². The fourth-order valence-electron chi connectivity index (χ4n) is 0.824. The summed E-state index contributed by atoms with van der Waals surface area (Å²) in [6, 6.07) is 0. The fraction of sp³-hybridized carbons (Fsp3) is 0.875. The molecule has 0 N–H and O–H groups in total. The average Bonchev–Trinajstić information content (AvgIpc) is 1.97. The minimum Gasteiger partial charge on any atom is -0.385 e. The van der Waals surface area contributed by atoms with Crippen LogP contribution in [0.25, 0.3) is 0 Å². The zero-order valence-electron chi connectivity index (χ0n) is 6.81. The molecule has 0 unspecified atom stereocenters. The molecule has 0 atom stereocenters. The van der Waals surface area contributed by atoms with Crippen molar-refractivity contribution in [1.82, 2.24) is 0 Å². The second-order valence-corrected chi connectivity index (χ2v) is 2.35. The van der Waals surface area contributed by atoms with Crippen LogP contribution in [0.3, 0.4) is 0 Å². The quantitative estimate of drug-likeness (QED) is 0.394. The van der Waals surface area contributed by atoms with Gasteiger partial charge in [0.2, 0.25) is 0 Å². The Kier molecular flexibility index (Phi) is 8.31. The van der Waals surface area contributed by atoms with Gasteiger partial charge >= 0.3 is 0 Å². The lowest BCUT2D eigenvalue weighted by Crippen LogP contribution is -1.88. The molecule has 60 valence electrons. The summed E-state index contributed by atoms with van der Waals surface area (Å²) in [5, 5.41) is 0. The minimum atomic E-state index is 0.890. The van der Waals surface area contributed by atoms with Gasteiger partial charge in [-0.1, -0.05) is 12.8 Å². The van der Waals surface area contributed by atoms with E-state index in [9.17, 15) is 0 Å². The number of hydrogen-bond donors (Lipinski definition) is 0. The van der Waals surface area contributed by atoms with Crippen molar-refractivity contribution < 1.29 is 4.74 Å². The molecule has 0 aromatic carbocycles. The third-order valence-corrected chi connectivity index (χ3v) is 1.41. The van der Waals surface area contributed by atoms with E-state index in [0.29, 0.717) is 0 Å². The predicted molar refractivity (Wildman–Crippen MR) is 44.8 cm³/mol. The van der Waals surface area contributed by atoms with Crippen molar-refractivity contribution in [2.75, 3.05) is 20.3 Å². The standard InChI is InChI=1S/C8H17NO/c1-9-7-5-3-4-6-8-10-2/h1,3-8H2,2H3. The Balaban J connectivity index is 2.70. The summed E-state index contributed by atoms with van der Waals surface area (Å²) in [5.41, 5.74) is 0. The molecule has 0 bridgehead atoms. The Hall–Kier alpha value is -0.370. The summed E-state index contributed by atoms with van der Waals surface area (Å²) in [4.78, 5) is 3.77. The first-order valence-electron chi connectivity index (χ1n) is 3.83. The Bertz CT molecular complexity index is 73.7. The topological polar surface area (TPSA) is 21.6 Å². The molecule has 0 aliphatic rings. The highest BCUT2D eigenvalue weighted by atomic mass is 16.5. The lowest BCUT2D eigenvalue weighted by Gasteiger charge is -1.97. The van der Waals surface area contributed by atoms with Crippen LogP contribution in [0.2, 0.25) is 0 Å². The van der Waals surface area contributed by atoms with Gasteiger partial charge in [-0.3, -0.25) is 0 Å². The van der Waals surface area contributed by atoms with Crippen LogP contribution in [0.1, 0.15) is 25.7 Å². The number of unbranched alkanes of at least 4 members (excludes halogenated alkanes) is 3. The first-order chi connectivity index (χ1) is 4.91. The summed E-state index contributed by atoms with van der Waals surface area (Å²) in [6.45, 7) is 5.22. The molecule has 0 amide bonds. The monoisotopic (exact) mass is 143 g/mol. The molecule has 0 aliphatic heterocycles. The van der Waals surface area contributed by atoms with Gasteiger partial charge in [-0.15, -0.1) is 0 Å². The van der Waals surface area contributed by atoms with E-state index in [1.807, 2.05) is 0 Å². The van der Waals surface area contributed by atoms with Crippen LogP contribution in [0.15, 0.2) is 4.99 Å². The third kappa shape index (κ3) is 7.63. The zero-order chi connectivity index (χ0) is 7.66. The fourth-order valence-corrected chi connectivity index (χ4v) is 0.824. The minimum absolute atomic E-state index is 0.890. The summed E-state index contributed by atoms with van der Waals surface area (Å²) < 4.78 is 4.91. The molecule has 0 rings (SSSR count). The van der Waals surface area contributed by atoms with Crippen molar-refractivity contribution in [3.05, 3.63) is 0 Å². The van der Waals surface area contributed by atoms with Gasteiger partial charge in [0.1, 0.15) is 0 Å². The van der Waals surface area contributed by atoms with E-state index >= 15 is 0 Å². The van der Waals surface area contributed by atoms with Crippen LogP contribution in [0.4, 0.5) is 0 Å². The second kappa shape index (κ2) is 8.63. The second-order valence-electron chi connectivity index (χ2n) is 2.35. The van der Waals surface area contributed by atoms with Crippen LogP contribution in [0, 0.1) is 0 Å². The van der Waals surface area contributed by atoms with Gasteiger partial charge in [-0.05, 0) is 19.6 Å². The molecule has 0 spiro atoms. The van der Waals surface area contributed by atoms with Crippen molar-refractivity contribution in [3.63, 3.8) is 0 Å². The van der Waals surface area contributed by atoms with Crippen molar-refractivity contribution in [2.24, 2.45) is 4.99 Å². The smallest absolute Gasteiger partial charge is 0.0462 e. The first kappa shape index (κ1) is 9.63. The predicted octanol–water partition coefficient (Wildman–Crippen LogP) is 1.89. The summed E-state index contributed by atoms with van der Waals surface area (Å²) in [7, 11) is 1.74. The number of hydrogen-bond acceptors (Lipinski definition) is 2. The van der Waals surface area contributed by atoms with Crippen molar-refractivity contribution in [1.29, 1.82) is 0 Å². The molecule has 10 heavy (non-hydrogen) atoms. The molecule has 2 nitrogen and oxygen atoms in total. The number of ether oxygens (including phenoxy) is 1. The molecule has 2 heteroatoms. The summed E-state index contributed by atoms with van der Waals surface area (Å²) in [6.07, 6.45) is 4.85. The molecule has 0 heterocycles. The molecule has 0 saturated heterocycles. The van der Waals surface area contributed by atoms with Crippen molar-refractivity contribution in [3.8, 4) is 0 Å². The first-order valence-corrected chi connectivity index (χ1v) is 3.83. The van der Waals surface area contributed by atoms with Gasteiger partial charge < -0.3 is 9.73 Å². The number of methoxy groups -OCH3 is 1. The Labute approximate surface area is 63.3 Å². The van der Waals surface area contributed by atoms with Gasteiger partial charge in [-0.25, -0.2) is 0 Å². The van der Waals surface area contributed by atoms with Crippen LogP contribution in [-0.2, 0) is 4.74 Å². The number of aliphatic imine (C=N–C) groups is 1. The molecule has 0 aromatic heterocycles. The Morgan fingerprint density at radius 2 is 1.90 bits per heavy atom. The number of nitrogens with zero attached hydrogens (tertiary/aromatic N) is 1. The molecule has 0 saturated carbocycles. The van der Waals surface area contributed by atoms with E-state index in [4.69, 9.17) is 4.74 Å². The van der Waals surface area contributed by atoms with Crippen LogP contribution in [0.5, 0.6) is 0 Å². The maximum Gasteiger partial charge on any atom is 0.0462 e. The average molecular weight is 143 g/mol. The highest BCUT2D eigenvalue weighted by molar-refractivity contribution is 5.22.